The van der Waals surface area contributed by atoms with Crippen molar-refractivity contribution in [3.05, 3.63) is 63.1 Å². The van der Waals surface area contributed by atoms with E-state index in [1.807, 2.05) is 0 Å². The maximum absolute atomic E-state index is 11.7. The molecule has 0 unspecified atom stereocenters. The van der Waals surface area contributed by atoms with E-state index in [4.69, 9.17) is 16.1 Å². The monoisotopic (exact) mass is 263 g/mol. The highest BCUT2D eigenvalue weighted by Gasteiger charge is 2.07. The standard InChI is InChI=1S/C13H10ClNO3/c1-9-8-13(17)15(18-9)12(16)7-4-10-2-5-11(14)6-3-10/h2-8H,1H3/b7-4+. The lowest BCUT2D eigenvalue weighted by atomic mass is 10.2. The van der Waals surface area contributed by atoms with E-state index >= 15 is 0 Å². The second-order valence-electron chi connectivity index (χ2n) is 3.70. The van der Waals surface area contributed by atoms with Crippen LogP contribution in [0.15, 0.2) is 45.7 Å². The molecule has 0 atom stereocenters. The molecule has 5 heteroatoms. The Bertz CT molecular complexity index is 650. The summed E-state index contributed by atoms with van der Waals surface area (Å²) in [6, 6.07) is 8.22. The predicted molar refractivity (Wildman–Crippen MR) is 68.8 cm³/mol. The van der Waals surface area contributed by atoms with Gasteiger partial charge in [-0.05, 0) is 30.7 Å². The minimum Gasteiger partial charge on any atom is -0.373 e. The number of benzene rings is 1. The van der Waals surface area contributed by atoms with Gasteiger partial charge in [-0.15, -0.1) is 0 Å². The van der Waals surface area contributed by atoms with Gasteiger partial charge in [-0.25, -0.2) is 0 Å². The van der Waals surface area contributed by atoms with Crippen LogP contribution in [-0.4, -0.2) is 10.6 Å². The van der Waals surface area contributed by atoms with Crippen LogP contribution in [0.2, 0.25) is 5.02 Å². The molecule has 0 bridgehead atoms. The number of aromatic nitrogens is 1. The zero-order valence-electron chi connectivity index (χ0n) is 9.59. The van der Waals surface area contributed by atoms with E-state index in [0.717, 1.165) is 5.56 Å². The zero-order valence-corrected chi connectivity index (χ0v) is 10.3. The topological polar surface area (TPSA) is 52.2 Å². The van der Waals surface area contributed by atoms with E-state index in [0.29, 0.717) is 15.5 Å². The largest absolute Gasteiger partial charge is 0.373 e. The van der Waals surface area contributed by atoms with Crippen LogP contribution in [0, 0.1) is 6.92 Å². The lowest BCUT2D eigenvalue weighted by molar-refractivity contribution is 0.0845. The summed E-state index contributed by atoms with van der Waals surface area (Å²) in [6.45, 7) is 1.61. The zero-order chi connectivity index (χ0) is 13.1. The Morgan fingerprint density at radius 2 is 2.00 bits per heavy atom. The summed E-state index contributed by atoms with van der Waals surface area (Å²) < 4.78 is 5.68. The molecule has 1 aromatic heterocycles. The van der Waals surface area contributed by atoms with Gasteiger partial charge in [-0.3, -0.25) is 9.59 Å². The van der Waals surface area contributed by atoms with Gasteiger partial charge in [-0.1, -0.05) is 28.5 Å². The molecule has 0 fully saturated rings. The number of rotatable bonds is 2. The molecule has 0 saturated carbocycles. The number of halogens is 1. The fraction of sp³-hybridized carbons (Fsp3) is 0.0769. The molecular formula is C13H10ClNO3. The molecule has 1 aromatic carbocycles. The van der Waals surface area contributed by atoms with E-state index in [9.17, 15) is 9.59 Å². The summed E-state index contributed by atoms with van der Waals surface area (Å²) in [5, 5.41) is 0.622. The molecule has 0 spiro atoms. The maximum atomic E-state index is 11.7. The van der Waals surface area contributed by atoms with Crippen molar-refractivity contribution in [3.8, 4) is 0 Å². The average Bonchev–Trinajstić information content (AvgIpc) is 2.67. The predicted octanol–water partition coefficient (Wildman–Crippen LogP) is 2.76. The quantitative estimate of drug-likeness (QED) is 0.783. The molecule has 0 N–H and O–H groups in total. The van der Waals surface area contributed by atoms with Gasteiger partial charge in [0.25, 0.3) is 11.5 Å². The summed E-state index contributed by atoms with van der Waals surface area (Å²) in [5.74, 6) is -0.128. The average molecular weight is 264 g/mol. The number of nitrogens with zero attached hydrogens (tertiary/aromatic N) is 1. The van der Waals surface area contributed by atoms with E-state index in [1.165, 1.54) is 12.1 Å². The molecule has 2 aromatic rings. The molecule has 1 heterocycles. The summed E-state index contributed by atoms with van der Waals surface area (Å²) in [6.07, 6.45) is 2.86. The van der Waals surface area contributed by atoms with Gasteiger partial charge in [0.2, 0.25) is 0 Å². The third-order valence-electron chi connectivity index (χ3n) is 2.25. The van der Waals surface area contributed by atoms with Crippen LogP contribution in [0.3, 0.4) is 0 Å². The molecule has 0 radical (unpaired) electrons. The minimum atomic E-state index is -0.525. The van der Waals surface area contributed by atoms with Crippen molar-refractivity contribution in [1.82, 2.24) is 4.74 Å². The Balaban J connectivity index is 2.19. The summed E-state index contributed by atoms with van der Waals surface area (Å²) in [5.41, 5.74) is 0.335. The normalized spacial score (nSPS) is 11.0. The number of aryl methyl sites for hydroxylation is 1. The van der Waals surface area contributed by atoms with E-state index in [1.54, 1.807) is 37.3 Å². The van der Waals surface area contributed by atoms with Crippen LogP contribution in [0.1, 0.15) is 16.1 Å². The highest BCUT2D eigenvalue weighted by Crippen LogP contribution is 2.10. The fourth-order valence-electron chi connectivity index (χ4n) is 1.41. The van der Waals surface area contributed by atoms with Crippen molar-refractivity contribution in [2.24, 2.45) is 0 Å². The summed E-state index contributed by atoms with van der Waals surface area (Å²) >= 11 is 5.74. The highest BCUT2D eigenvalue weighted by molar-refractivity contribution is 6.30. The van der Waals surface area contributed by atoms with E-state index < -0.39 is 11.5 Å². The first-order chi connectivity index (χ1) is 8.56. The van der Waals surface area contributed by atoms with Gasteiger partial charge in [-0.2, -0.15) is 0 Å². The first-order valence-corrected chi connectivity index (χ1v) is 5.62. The molecule has 92 valence electrons. The molecular weight excluding hydrogens is 254 g/mol. The van der Waals surface area contributed by atoms with Crippen LogP contribution in [0.4, 0.5) is 0 Å². The first-order valence-electron chi connectivity index (χ1n) is 5.24. The lowest BCUT2D eigenvalue weighted by Crippen LogP contribution is -2.19. The highest BCUT2D eigenvalue weighted by atomic mass is 35.5. The number of hydrogen-bond donors (Lipinski definition) is 0. The van der Waals surface area contributed by atoms with Gasteiger partial charge >= 0.3 is 0 Å². The Labute approximate surface area is 108 Å². The smallest absolute Gasteiger partial charge is 0.290 e. The molecule has 0 aliphatic rings. The van der Waals surface area contributed by atoms with Gasteiger partial charge in [0, 0.05) is 17.2 Å². The van der Waals surface area contributed by atoms with Gasteiger partial charge in [0.1, 0.15) is 5.76 Å². The van der Waals surface area contributed by atoms with Crippen LogP contribution in [0.5, 0.6) is 0 Å². The Hall–Kier alpha value is -2.07. The molecule has 0 amide bonds. The van der Waals surface area contributed by atoms with Crippen LogP contribution >= 0.6 is 11.6 Å². The third-order valence-corrected chi connectivity index (χ3v) is 2.50. The summed E-state index contributed by atoms with van der Waals surface area (Å²) in [4.78, 5) is 23.0. The van der Waals surface area contributed by atoms with Gasteiger partial charge < -0.3 is 4.52 Å². The number of hydrogen-bond acceptors (Lipinski definition) is 3. The summed E-state index contributed by atoms with van der Waals surface area (Å²) in [7, 11) is 0. The SMILES string of the molecule is Cc1cc(=O)n(C(=O)/C=C/c2ccc(Cl)cc2)o1. The van der Waals surface area contributed by atoms with E-state index in [-0.39, 0.29) is 0 Å². The van der Waals surface area contributed by atoms with Crippen molar-refractivity contribution >= 4 is 23.6 Å². The molecule has 0 aliphatic carbocycles. The lowest BCUT2D eigenvalue weighted by Gasteiger charge is -1.94. The second kappa shape index (κ2) is 5.06. The Kier molecular flexibility index (Phi) is 3.48. The number of carbonyl (C=O) groups is 1. The molecule has 0 saturated heterocycles. The van der Waals surface area contributed by atoms with Crippen molar-refractivity contribution in [3.63, 3.8) is 0 Å². The van der Waals surface area contributed by atoms with Gasteiger partial charge in [0.05, 0.1) is 0 Å². The van der Waals surface area contributed by atoms with Crippen LogP contribution in [-0.2, 0) is 0 Å². The fourth-order valence-corrected chi connectivity index (χ4v) is 1.54. The number of allylic oxidation sites excluding steroid dienone is 1. The minimum absolute atomic E-state index is 0.397. The maximum Gasteiger partial charge on any atom is 0.290 e. The molecule has 4 nitrogen and oxygen atoms in total. The van der Waals surface area contributed by atoms with E-state index in [2.05, 4.69) is 0 Å². The second-order valence-corrected chi connectivity index (χ2v) is 4.14. The van der Waals surface area contributed by atoms with Crippen molar-refractivity contribution in [2.45, 2.75) is 6.92 Å². The van der Waals surface area contributed by atoms with Crippen LogP contribution < -0.4 is 5.56 Å². The Morgan fingerprint density at radius 1 is 1.33 bits per heavy atom. The molecule has 2 rings (SSSR count). The molecule has 0 aliphatic heterocycles. The number of carbonyl (C=O) groups excluding carboxylic acids is 1. The first kappa shape index (κ1) is 12.4. The van der Waals surface area contributed by atoms with Crippen LogP contribution in [0.25, 0.3) is 6.08 Å². The van der Waals surface area contributed by atoms with Crippen molar-refractivity contribution in [2.75, 3.05) is 0 Å². The Morgan fingerprint density at radius 3 is 2.56 bits per heavy atom. The van der Waals surface area contributed by atoms with Gasteiger partial charge in [0.15, 0.2) is 0 Å². The molecule has 18 heavy (non-hydrogen) atoms. The van der Waals surface area contributed by atoms with Crippen molar-refractivity contribution < 1.29 is 9.32 Å². The third kappa shape index (κ3) is 2.78. The van der Waals surface area contributed by atoms with Crippen molar-refractivity contribution in [1.29, 1.82) is 0 Å².